The fourth-order valence-electron chi connectivity index (χ4n) is 3.06. The molecule has 1 aliphatic heterocycles. The van der Waals surface area contributed by atoms with Gasteiger partial charge in [0.05, 0.1) is 12.1 Å². The molecular weight excluding hydrogens is 248 g/mol. The van der Waals surface area contributed by atoms with Gasteiger partial charge in [0.25, 0.3) is 0 Å². The molecule has 2 rings (SSSR count). The molecule has 0 N–H and O–H groups in total. The lowest BCUT2D eigenvalue weighted by Gasteiger charge is -2.32. The second kappa shape index (κ2) is 6.12. The SMILES string of the molecule is C=CC[C@@H](CC)N1C(=O)N(C)[C@@H](C)[C@H]1c1ccccc1. The molecule has 0 unspecified atom stereocenters. The summed E-state index contributed by atoms with van der Waals surface area (Å²) in [6.07, 6.45) is 3.69. The zero-order valence-corrected chi connectivity index (χ0v) is 12.6. The summed E-state index contributed by atoms with van der Waals surface area (Å²) in [5.74, 6) is 0. The van der Waals surface area contributed by atoms with E-state index in [1.165, 1.54) is 5.56 Å². The minimum absolute atomic E-state index is 0.124. The Morgan fingerprint density at radius 1 is 1.35 bits per heavy atom. The van der Waals surface area contributed by atoms with E-state index >= 15 is 0 Å². The third-order valence-electron chi connectivity index (χ3n) is 4.33. The van der Waals surface area contributed by atoms with E-state index in [9.17, 15) is 4.79 Å². The lowest BCUT2D eigenvalue weighted by Crippen LogP contribution is -2.39. The first-order valence-electron chi connectivity index (χ1n) is 7.32. The van der Waals surface area contributed by atoms with Gasteiger partial charge in [-0.25, -0.2) is 4.79 Å². The molecular formula is C17H24N2O. The summed E-state index contributed by atoms with van der Waals surface area (Å²) < 4.78 is 0. The molecule has 2 amide bonds. The molecule has 3 nitrogen and oxygen atoms in total. The molecule has 3 heteroatoms. The van der Waals surface area contributed by atoms with Crippen molar-refractivity contribution in [2.24, 2.45) is 0 Å². The smallest absolute Gasteiger partial charge is 0.320 e. The molecule has 1 heterocycles. The quantitative estimate of drug-likeness (QED) is 0.747. The van der Waals surface area contributed by atoms with Gasteiger partial charge in [-0.15, -0.1) is 6.58 Å². The molecule has 0 bridgehead atoms. The number of hydrogen-bond donors (Lipinski definition) is 0. The lowest BCUT2D eigenvalue weighted by molar-refractivity contribution is 0.165. The summed E-state index contributed by atoms with van der Waals surface area (Å²) in [7, 11) is 1.89. The number of carbonyl (C=O) groups is 1. The monoisotopic (exact) mass is 272 g/mol. The zero-order chi connectivity index (χ0) is 14.7. The Morgan fingerprint density at radius 3 is 2.55 bits per heavy atom. The molecule has 1 saturated heterocycles. The summed E-state index contributed by atoms with van der Waals surface area (Å²) in [6, 6.07) is 11.0. The van der Waals surface area contributed by atoms with Gasteiger partial charge in [0, 0.05) is 13.1 Å². The fraction of sp³-hybridized carbons (Fsp3) is 0.471. The van der Waals surface area contributed by atoms with Gasteiger partial charge in [-0.3, -0.25) is 0 Å². The second-order valence-corrected chi connectivity index (χ2v) is 5.48. The summed E-state index contributed by atoms with van der Waals surface area (Å²) in [6.45, 7) is 8.08. The molecule has 20 heavy (non-hydrogen) atoms. The Kier molecular flexibility index (Phi) is 4.48. The average molecular weight is 272 g/mol. The Hall–Kier alpha value is -1.77. The van der Waals surface area contributed by atoms with Gasteiger partial charge in [-0.1, -0.05) is 43.3 Å². The maximum absolute atomic E-state index is 12.6. The van der Waals surface area contributed by atoms with E-state index < -0.39 is 0 Å². The molecule has 1 aliphatic rings. The summed E-state index contributed by atoms with van der Waals surface area (Å²) >= 11 is 0. The standard InChI is InChI=1S/C17H24N2O/c1-5-10-15(6-2)19-16(13(3)18(4)17(19)20)14-11-8-7-9-12-14/h5,7-9,11-13,15-16H,1,6,10H2,2-4H3/t13-,15+,16-/m0/s1. The number of hydrogen-bond acceptors (Lipinski definition) is 1. The van der Waals surface area contributed by atoms with Crippen molar-refractivity contribution in [1.82, 2.24) is 9.80 Å². The number of benzene rings is 1. The third kappa shape index (κ3) is 2.45. The van der Waals surface area contributed by atoms with Crippen LogP contribution >= 0.6 is 0 Å². The van der Waals surface area contributed by atoms with Crippen LogP contribution in [0.2, 0.25) is 0 Å². The van der Waals surface area contributed by atoms with Crippen LogP contribution < -0.4 is 0 Å². The highest BCUT2D eigenvalue weighted by Gasteiger charge is 2.44. The predicted molar refractivity (Wildman–Crippen MR) is 82.5 cm³/mol. The highest BCUT2D eigenvalue weighted by molar-refractivity contribution is 5.78. The molecule has 3 atom stereocenters. The molecule has 0 aromatic heterocycles. The van der Waals surface area contributed by atoms with Crippen molar-refractivity contribution in [3.05, 3.63) is 48.6 Å². The van der Waals surface area contributed by atoms with Crippen LogP contribution in [0.4, 0.5) is 4.79 Å². The van der Waals surface area contributed by atoms with Gasteiger partial charge in [0.1, 0.15) is 0 Å². The van der Waals surface area contributed by atoms with Crippen LogP contribution in [0.25, 0.3) is 0 Å². The number of carbonyl (C=O) groups excluding carboxylic acids is 1. The molecule has 1 aromatic rings. The van der Waals surface area contributed by atoms with Crippen molar-refractivity contribution < 1.29 is 4.79 Å². The lowest BCUT2D eigenvalue weighted by atomic mass is 9.97. The van der Waals surface area contributed by atoms with Gasteiger partial charge in [-0.2, -0.15) is 0 Å². The summed E-state index contributed by atoms with van der Waals surface area (Å²) in [5.41, 5.74) is 1.21. The van der Waals surface area contributed by atoms with Crippen molar-refractivity contribution >= 4 is 6.03 Å². The van der Waals surface area contributed by atoms with Crippen molar-refractivity contribution in [2.45, 2.75) is 44.8 Å². The van der Waals surface area contributed by atoms with E-state index in [1.807, 2.05) is 41.1 Å². The average Bonchev–Trinajstić information content (AvgIpc) is 2.70. The van der Waals surface area contributed by atoms with Crippen LogP contribution in [0.15, 0.2) is 43.0 Å². The highest BCUT2D eigenvalue weighted by atomic mass is 16.2. The van der Waals surface area contributed by atoms with Gasteiger partial charge in [0.2, 0.25) is 0 Å². The van der Waals surface area contributed by atoms with E-state index in [-0.39, 0.29) is 24.2 Å². The van der Waals surface area contributed by atoms with E-state index in [0.29, 0.717) is 0 Å². The number of rotatable bonds is 5. The number of likely N-dealkylation sites (N-methyl/N-ethyl adjacent to an activating group) is 1. The Bertz CT molecular complexity index is 471. The molecule has 108 valence electrons. The Labute approximate surface area is 121 Å². The van der Waals surface area contributed by atoms with E-state index in [4.69, 9.17) is 0 Å². The van der Waals surface area contributed by atoms with Crippen LogP contribution in [0.3, 0.4) is 0 Å². The first-order valence-corrected chi connectivity index (χ1v) is 7.32. The van der Waals surface area contributed by atoms with Crippen LogP contribution in [-0.2, 0) is 0 Å². The van der Waals surface area contributed by atoms with E-state index in [2.05, 4.69) is 32.6 Å². The van der Waals surface area contributed by atoms with Crippen molar-refractivity contribution in [3.63, 3.8) is 0 Å². The number of amides is 2. The number of urea groups is 1. The minimum atomic E-state index is 0.124. The fourth-order valence-corrected chi connectivity index (χ4v) is 3.06. The van der Waals surface area contributed by atoms with E-state index in [1.54, 1.807) is 0 Å². The zero-order valence-electron chi connectivity index (χ0n) is 12.6. The van der Waals surface area contributed by atoms with Crippen LogP contribution in [0, 0.1) is 0 Å². The number of nitrogens with zero attached hydrogens (tertiary/aromatic N) is 2. The van der Waals surface area contributed by atoms with E-state index in [0.717, 1.165) is 12.8 Å². The van der Waals surface area contributed by atoms with Gasteiger partial charge >= 0.3 is 6.03 Å². The van der Waals surface area contributed by atoms with Crippen LogP contribution in [0.5, 0.6) is 0 Å². The first kappa shape index (κ1) is 14.6. The van der Waals surface area contributed by atoms with Gasteiger partial charge in [0.15, 0.2) is 0 Å². The summed E-state index contributed by atoms with van der Waals surface area (Å²) in [5, 5.41) is 0. The molecule has 0 saturated carbocycles. The first-order chi connectivity index (χ1) is 9.61. The third-order valence-corrected chi connectivity index (χ3v) is 4.33. The Morgan fingerprint density at radius 2 is 2.00 bits per heavy atom. The Balaban J connectivity index is 2.39. The maximum Gasteiger partial charge on any atom is 0.320 e. The van der Waals surface area contributed by atoms with Gasteiger partial charge < -0.3 is 9.80 Å². The highest BCUT2D eigenvalue weighted by Crippen LogP contribution is 2.37. The molecule has 0 radical (unpaired) electrons. The predicted octanol–water partition coefficient (Wildman–Crippen LogP) is 3.84. The van der Waals surface area contributed by atoms with Crippen LogP contribution in [-0.4, -0.2) is 35.0 Å². The van der Waals surface area contributed by atoms with Crippen molar-refractivity contribution in [1.29, 1.82) is 0 Å². The van der Waals surface area contributed by atoms with Gasteiger partial charge in [-0.05, 0) is 25.3 Å². The summed E-state index contributed by atoms with van der Waals surface area (Å²) in [4.78, 5) is 16.5. The molecule has 0 spiro atoms. The molecule has 0 aliphatic carbocycles. The van der Waals surface area contributed by atoms with Crippen molar-refractivity contribution in [3.8, 4) is 0 Å². The molecule has 1 aromatic carbocycles. The minimum Gasteiger partial charge on any atom is -0.323 e. The van der Waals surface area contributed by atoms with Crippen LogP contribution in [0.1, 0.15) is 38.3 Å². The topological polar surface area (TPSA) is 23.6 Å². The largest absolute Gasteiger partial charge is 0.323 e. The molecule has 1 fully saturated rings. The van der Waals surface area contributed by atoms with Crippen molar-refractivity contribution in [2.75, 3.05) is 7.05 Å². The maximum atomic E-state index is 12.6. The normalized spacial score (nSPS) is 24.1. The second-order valence-electron chi connectivity index (χ2n) is 5.48.